The fourth-order valence-corrected chi connectivity index (χ4v) is 1.97. The molecule has 0 bridgehead atoms. The number of hydrogen-bond acceptors (Lipinski definition) is 4. The van der Waals surface area contributed by atoms with Gasteiger partial charge in [0.05, 0.1) is 18.1 Å². The van der Waals surface area contributed by atoms with Crippen molar-refractivity contribution in [3.63, 3.8) is 0 Å². The van der Waals surface area contributed by atoms with Gasteiger partial charge >= 0.3 is 0 Å². The molecule has 0 unspecified atom stereocenters. The van der Waals surface area contributed by atoms with Crippen molar-refractivity contribution in [2.24, 2.45) is 0 Å². The van der Waals surface area contributed by atoms with E-state index in [9.17, 15) is 0 Å². The van der Waals surface area contributed by atoms with Gasteiger partial charge in [0.2, 0.25) is 0 Å². The lowest BCUT2D eigenvalue weighted by Crippen LogP contribution is -2.26. The van der Waals surface area contributed by atoms with Crippen molar-refractivity contribution in [2.75, 3.05) is 18.0 Å². The summed E-state index contributed by atoms with van der Waals surface area (Å²) < 4.78 is 0. The van der Waals surface area contributed by atoms with Crippen molar-refractivity contribution in [1.82, 2.24) is 15.3 Å². The minimum Gasteiger partial charge on any atom is -0.353 e. The van der Waals surface area contributed by atoms with Crippen molar-refractivity contribution in [3.8, 4) is 0 Å². The molecule has 1 aliphatic rings. The Labute approximate surface area is 103 Å². The zero-order valence-corrected chi connectivity index (χ0v) is 10.8. The Morgan fingerprint density at radius 3 is 2.65 bits per heavy atom. The second-order valence-electron chi connectivity index (χ2n) is 4.56. The largest absolute Gasteiger partial charge is 0.353 e. The topological polar surface area (TPSA) is 41.1 Å². The molecule has 0 amide bonds. The molecule has 0 spiro atoms. The van der Waals surface area contributed by atoms with E-state index >= 15 is 0 Å². The average Bonchev–Trinajstić information content (AvgIpc) is 3.17. The molecule has 1 heterocycles. The van der Waals surface area contributed by atoms with Crippen molar-refractivity contribution < 1.29 is 0 Å². The summed E-state index contributed by atoms with van der Waals surface area (Å²) in [5.74, 6) is 1.02. The third-order valence-electron chi connectivity index (χ3n) is 3.05. The summed E-state index contributed by atoms with van der Waals surface area (Å²) in [5, 5.41) is 3.33. The summed E-state index contributed by atoms with van der Waals surface area (Å²) in [6.45, 7) is 7.21. The zero-order chi connectivity index (χ0) is 12.1. The molecule has 2 rings (SSSR count). The van der Waals surface area contributed by atoms with Gasteiger partial charge in [0.15, 0.2) is 0 Å². The van der Waals surface area contributed by atoms with Crippen molar-refractivity contribution >= 4 is 5.82 Å². The maximum atomic E-state index is 4.51. The standard InChI is InChI=1S/C13H22N4/c1-3-7-14-8-11-9-16-13(10-15-11)17(4-2)12-5-6-12/h9-10,12,14H,3-8H2,1-2H3. The van der Waals surface area contributed by atoms with Gasteiger partial charge < -0.3 is 10.2 Å². The molecule has 0 aliphatic heterocycles. The van der Waals surface area contributed by atoms with Crippen LogP contribution in [0.5, 0.6) is 0 Å². The first-order valence-corrected chi connectivity index (χ1v) is 6.63. The second kappa shape index (κ2) is 5.96. The molecule has 17 heavy (non-hydrogen) atoms. The van der Waals surface area contributed by atoms with Crippen LogP contribution in [0.2, 0.25) is 0 Å². The van der Waals surface area contributed by atoms with Crippen LogP contribution in [0.4, 0.5) is 5.82 Å². The average molecular weight is 234 g/mol. The number of aromatic nitrogens is 2. The smallest absolute Gasteiger partial charge is 0.147 e. The monoisotopic (exact) mass is 234 g/mol. The van der Waals surface area contributed by atoms with Gasteiger partial charge in [-0.25, -0.2) is 4.98 Å². The van der Waals surface area contributed by atoms with E-state index in [1.54, 1.807) is 0 Å². The van der Waals surface area contributed by atoms with E-state index in [4.69, 9.17) is 0 Å². The lowest BCUT2D eigenvalue weighted by Gasteiger charge is -2.20. The van der Waals surface area contributed by atoms with Gasteiger partial charge in [-0.15, -0.1) is 0 Å². The van der Waals surface area contributed by atoms with Gasteiger partial charge in [0.25, 0.3) is 0 Å². The minimum absolute atomic E-state index is 0.707. The van der Waals surface area contributed by atoms with E-state index < -0.39 is 0 Å². The molecule has 1 aliphatic carbocycles. The van der Waals surface area contributed by atoms with Crippen LogP contribution < -0.4 is 10.2 Å². The maximum Gasteiger partial charge on any atom is 0.147 e. The molecule has 0 atom stereocenters. The van der Waals surface area contributed by atoms with Crippen molar-refractivity contribution in [3.05, 3.63) is 18.1 Å². The van der Waals surface area contributed by atoms with Crippen LogP contribution >= 0.6 is 0 Å². The Morgan fingerprint density at radius 2 is 2.12 bits per heavy atom. The molecule has 1 aromatic rings. The normalized spacial score (nSPS) is 14.9. The van der Waals surface area contributed by atoms with Gasteiger partial charge in [-0.05, 0) is 32.7 Å². The first-order chi connectivity index (χ1) is 8.35. The Balaban J connectivity index is 1.92. The third kappa shape index (κ3) is 3.40. The summed E-state index contributed by atoms with van der Waals surface area (Å²) in [5.41, 5.74) is 1.02. The summed E-state index contributed by atoms with van der Waals surface area (Å²) in [6.07, 6.45) is 7.55. The SMILES string of the molecule is CCCNCc1cnc(N(CC)C2CC2)cn1. The number of hydrogen-bond donors (Lipinski definition) is 1. The first-order valence-electron chi connectivity index (χ1n) is 6.63. The molecular weight excluding hydrogens is 212 g/mol. The lowest BCUT2D eigenvalue weighted by atomic mass is 10.4. The van der Waals surface area contributed by atoms with Gasteiger partial charge in [-0.1, -0.05) is 6.92 Å². The van der Waals surface area contributed by atoms with Gasteiger partial charge in [0.1, 0.15) is 5.82 Å². The van der Waals surface area contributed by atoms with Crippen LogP contribution in [0.15, 0.2) is 12.4 Å². The molecule has 1 saturated carbocycles. The maximum absolute atomic E-state index is 4.51. The molecule has 94 valence electrons. The van der Waals surface area contributed by atoms with Crippen LogP contribution in [0.25, 0.3) is 0 Å². The highest BCUT2D eigenvalue weighted by Crippen LogP contribution is 2.29. The van der Waals surface area contributed by atoms with Crippen LogP contribution in [0.1, 0.15) is 38.8 Å². The molecule has 4 heteroatoms. The minimum atomic E-state index is 0.707. The van der Waals surface area contributed by atoms with E-state index in [-0.39, 0.29) is 0 Å². The molecule has 0 aromatic carbocycles. The van der Waals surface area contributed by atoms with E-state index in [2.05, 4.69) is 34.0 Å². The second-order valence-corrected chi connectivity index (χ2v) is 4.56. The Hall–Kier alpha value is -1.16. The quantitative estimate of drug-likeness (QED) is 0.732. The fourth-order valence-electron chi connectivity index (χ4n) is 1.97. The van der Waals surface area contributed by atoms with E-state index in [1.165, 1.54) is 12.8 Å². The van der Waals surface area contributed by atoms with Crippen molar-refractivity contribution in [1.29, 1.82) is 0 Å². The molecule has 0 saturated heterocycles. The summed E-state index contributed by atoms with van der Waals surface area (Å²) in [7, 11) is 0. The van der Waals surface area contributed by atoms with E-state index in [0.29, 0.717) is 6.04 Å². The van der Waals surface area contributed by atoms with E-state index in [1.807, 2.05) is 12.4 Å². The third-order valence-corrected chi connectivity index (χ3v) is 3.05. The summed E-state index contributed by atoms with van der Waals surface area (Å²) in [6, 6.07) is 0.707. The van der Waals surface area contributed by atoms with Crippen LogP contribution in [0.3, 0.4) is 0 Å². The Bertz CT molecular complexity index is 332. The predicted molar refractivity (Wildman–Crippen MR) is 70.1 cm³/mol. The van der Waals surface area contributed by atoms with Gasteiger partial charge in [0, 0.05) is 19.1 Å². The summed E-state index contributed by atoms with van der Waals surface area (Å²) >= 11 is 0. The van der Waals surface area contributed by atoms with Crippen LogP contribution in [0, 0.1) is 0 Å². The number of nitrogens with zero attached hydrogens (tertiary/aromatic N) is 3. The molecule has 1 aromatic heterocycles. The number of anilines is 1. The number of rotatable bonds is 7. The highest BCUT2D eigenvalue weighted by molar-refractivity contribution is 5.38. The highest BCUT2D eigenvalue weighted by atomic mass is 15.2. The predicted octanol–water partition coefficient (Wildman–Crippen LogP) is 1.96. The van der Waals surface area contributed by atoms with E-state index in [0.717, 1.165) is 37.6 Å². The molecule has 0 radical (unpaired) electrons. The Morgan fingerprint density at radius 1 is 1.29 bits per heavy atom. The van der Waals surface area contributed by atoms with Gasteiger partial charge in [-0.3, -0.25) is 4.98 Å². The lowest BCUT2D eigenvalue weighted by molar-refractivity contribution is 0.661. The molecule has 1 N–H and O–H groups in total. The van der Waals surface area contributed by atoms with Crippen LogP contribution in [-0.2, 0) is 6.54 Å². The van der Waals surface area contributed by atoms with Crippen molar-refractivity contribution in [2.45, 2.75) is 45.7 Å². The zero-order valence-electron chi connectivity index (χ0n) is 10.8. The first kappa shape index (κ1) is 12.3. The summed E-state index contributed by atoms with van der Waals surface area (Å²) in [4.78, 5) is 11.3. The number of nitrogens with one attached hydrogen (secondary N) is 1. The fraction of sp³-hybridized carbons (Fsp3) is 0.692. The molecular formula is C13H22N4. The van der Waals surface area contributed by atoms with Gasteiger partial charge in [-0.2, -0.15) is 0 Å². The highest BCUT2D eigenvalue weighted by Gasteiger charge is 2.28. The Kier molecular flexibility index (Phi) is 4.31. The molecule has 4 nitrogen and oxygen atoms in total. The molecule has 1 fully saturated rings. The van der Waals surface area contributed by atoms with Crippen LogP contribution in [-0.4, -0.2) is 29.1 Å².